The zero-order valence-corrected chi connectivity index (χ0v) is 18.7. The molecule has 7 nitrogen and oxygen atoms in total. The first-order valence-electron chi connectivity index (χ1n) is 10.7. The molecule has 31 heavy (non-hydrogen) atoms. The first kappa shape index (κ1) is 21.4. The van der Waals surface area contributed by atoms with Crippen molar-refractivity contribution in [3.8, 4) is 22.8 Å². The van der Waals surface area contributed by atoms with Crippen LogP contribution in [0.5, 0.6) is 5.75 Å². The van der Waals surface area contributed by atoms with E-state index < -0.39 is 0 Å². The van der Waals surface area contributed by atoms with Crippen LogP contribution in [-0.4, -0.2) is 55.5 Å². The first-order valence-corrected chi connectivity index (χ1v) is 11.7. The van der Waals surface area contributed by atoms with Crippen molar-refractivity contribution in [1.29, 1.82) is 0 Å². The summed E-state index contributed by atoms with van der Waals surface area (Å²) < 4.78 is 7.82. The fourth-order valence-electron chi connectivity index (χ4n) is 3.86. The van der Waals surface area contributed by atoms with Gasteiger partial charge in [0.2, 0.25) is 5.91 Å². The molecule has 1 aliphatic rings. The number of hydrogen-bond acceptors (Lipinski definition) is 6. The Morgan fingerprint density at radius 3 is 2.84 bits per heavy atom. The van der Waals surface area contributed by atoms with E-state index in [0.717, 1.165) is 36.4 Å². The number of likely N-dealkylation sites (tertiary alicyclic amines) is 1. The van der Waals surface area contributed by atoms with Crippen LogP contribution in [0.1, 0.15) is 33.1 Å². The van der Waals surface area contributed by atoms with Crippen LogP contribution in [0, 0.1) is 0 Å². The van der Waals surface area contributed by atoms with E-state index in [-0.39, 0.29) is 5.91 Å². The maximum Gasteiger partial charge on any atom is 0.233 e. The zero-order valence-electron chi connectivity index (χ0n) is 17.9. The lowest BCUT2D eigenvalue weighted by Crippen LogP contribution is -2.42. The number of nitrogens with zero attached hydrogens (tertiary/aromatic N) is 5. The minimum absolute atomic E-state index is 0.146. The van der Waals surface area contributed by atoms with Gasteiger partial charge in [0.25, 0.3) is 0 Å². The molecule has 1 atom stereocenters. The van der Waals surface area contributed by atoms with Crippen LogP contribution >= 0.6 is 11.8 Å². The molecule has 1 aliphatic heterocycles. The van der Waals surface area contributed by atoms with Crippen LogP contribution in [-0.2, 0) is 4.79 Å². The molecule has 0 saturated carbocycles. The van der Waals surface area contributed by atoms with E-state index in [0.29, 0.717) is 29.4 Å². The molecule has 162 valence electrons. The molecular weight excluding hydrogens is 410 g/mol. The van der Waals surface area contributed by atoms with Crippen molar-refractivity contribution in [2.75, 3.05) is 18.9 Å². The van der Waals surface area contributed by atoms with E-state index in [4.69, 9.17) is 4.74 Å². The molecule has 3 heterocycles. The van der Waals surface area contributed by atoms with E-state index in [1.807, 2.05) is 52.8 Å². The summed E-state index contributed by atoms with van der Waals surface area (Å²) in [5, 5.41) is 9.53. The predicted molar refractivity (Wildman–Crippen MR) is 122 cm³/mol. The third kappa shape index (κ3) is 4.74. The fourth-order valence-corrected chi connectivity index (χ4v) is 4.69. The van der Waals surface area contributed by atoms with Gasteiger partial charge in [-0.05, 0) is 57.4 Å². The molecule has 0 radical (unpaired) electrons. The maximum atomic E-state index is 12.9. The molecule has 8 heteroatoms. The van der Waals surface area contributed by atoms with Gasteiger partial charge in [0, 0.05) is 30.5 Å². The molecule has 0 spiro atoms. The van der Waals surface area contributed by atoms with Crippen molar-refractivity contribution in [2.45, 2.75) is 44.3 Å². The highest BCUT2D eigenvalue weighted by Crippen LogP contribution is 2.32. The van der Waals surface area contributed by atoms with Gasteiger partial charge in [-0.25, -0.2) is 0 Å². The fraction of sp³-hybridized carbons (Fsp3) is 0.391. The number of aromatic nitrogens is 4. The van der Waals surface area contributed by atoms with Gasteiger partial charge < -0.3 is 9.64 Å². The molecule has 3 aromatic rings. The summed E-state index contributed by atoms with van der Waals surface area (Å²) in [4.78, 5) is 19.1. The summed E-state index contributed by atoms with van der Waals surface area (Å²) in [7, 11) is 0. The van der Waals surface area contributed by atoms with Gasteiger partial charge in [-0.1, -0.05) is 23.9 Å². The van der Waals surface area contributed by atoms with Crippen molar-refractivity contribution < 1.29 is 9.53 Å². The third-order valence-corrected chi connectivity index (χ3v) is 6.32. The molecule has 4 rings (SSSR count). The molecular formula is C23H27N5O2S. The molecule has 1 amide bonds. The largest absolute Gasteiger partial charge is 0.492 e. The van der Waals surface area contributed by atoms with E-state index in [2.05, 4.69) is 22.1 Å². The number of rotatable bonds is 7. The van der Waals surface area contributed by atoms with Crippen LogP contribution in [0.15, 0.2) is 53.9 Å². The molecule has 1 saturated heterocycles. The normalized spacial score (nSPS) is 16.3. The molecule has 1 fully saturated rings. The summed E-state index contributed by atoms with van der Waals surface area (Å²) in [5.41, 5.74) is 1.69. The second-order valence-corrected chi connectivity index (χ2v) is 8.45. The summed E-state index contributed by atoms with van der Waals surface area (Å²) in [6.07, 6.45) is 6.82. The number of amides is 1. The minimum atomic E-state index is 0.146. The standard InChI is InChI=1S/C23H27N5O2S/c1-3-30-20-12-5-4-11-19(20)28-22(18-10-8-13-24-15-18)25-26-23(28)31-16-21(29)27-14-7-6-9-17(27)2/h4-5,8,10-13,15,17H,3,6-7,9,14,16H2,1-2H3/t17-/m1/s1. The number of para-hydroxylation sites is 2. The predicted octanol–water partition coefficient (Wildman–Crippen LogP) is 4.22. The topological polar surface area (TPSA) is 73.1 Å². The molecule has 0 unspecified atom stereocenters. The van der Waals surface area contributed by atoms with E-state index in [1.54, 1.807) is 12.4 Å². The Morgan fingerprint density at radius 2 is 2.06 bits per heavy atom. The Hall–Kier alpha value is -2.87. The number of piperidine rings is 1. The van der Waals surface area contributed by atoms with Gasteiger partial charge in [-0.15, -0.1) is 10.2 Å². The zero-order chi connectivity index (χ0) is 21.6. The number of thioether (sulfide) groups is 1. The smallest absolute Gasteiger partial charge is 0.233 e. The van der Waals surface area contributed by atoms with Gasteiger partial charge >= 0.3 is 0 Å². The highest BCUT2D eigenvalue weighted by molar-refractivity contribution is 7.99. The number of hydrogen-bond donors (Lipinski definition) is 0. The van der Waals surface area contributed by atoms with Gasteiger partial charge in [0.15, 0.2) is 11.0 Å². The quantitative estimate of drug-likeness (QED) is 0.515. The SMILES string of the molecule is CCOc1ccccc1-n1c(SCC(=O)N2CCCC[C@H]2C)nnc1-c1cccnc1. The van der Waals surface area contributed by atoms with Crippen LogP contribution in [0.25, 0.3) is 17.1 Å². The Kier molecular flexibility index (Phi) is 6.86. The lowest BCUT2D eigenvalue weighted by Gasteiger charge is -2.33. The van der Waals surface area contributed by atoms with Crippen molar-refractivity contribution in [3.05, 3.63) is 48.8 Å². The Labute approximate surface area is 186 Å². The van der Waals surface area contributed by atoms with E-state index >= 15 is 0 Å². The van der Waals surface area contributed by atoms with Gasteiger partial charge in [0.05, 0.1) is 18.0 Å². The maximum absolute atomic E-state index is 12.9. The number of benzene rings is 1. The van der Waals surface area contributed by atoms with Crippen molar-refractivity contribution in [1.82, 2.24) is 24.6 Å². The summed E-state index contributed by atoms with van der Waals surface area (Å²) in [5.74, 6) is 1.88. The third-order valence-electron chi connectivity index (χ3n) is 5.41. The monoisotopic (exact) mass is 437 g/mol. The molecule has 0 aliphatic carbocycles. The number of carbonyl (C=O) groups excluding carboxylic acids is 1. The highest BCUT2D eigenvalue weighted by Gasteiger charge is 2.25. The molecule has 2 aromatic heterocycles. The molecule has 0 N–H and O–H groups in total. The first-order chi connectivity index (χ1) is 15.2. The lowest BCUT2D eigenvalue weighted by molar-refractivity contribution is -0.131. The summed E-state index contributed by atoms with van der Waals surface area (Å²) >= 11 is 1.41. The Balaban J connectivity index is 1.67. The number of pyridine rings is 1. The average molecular weight is 438 g/mol. The van der Waals surface area contributed by atoms with Crippen molar-refractivity contribution >= 4 is 17.7 Å². The second kappa shape index (κ2) is 9.96. The molecule has 1 aromatic carbocycles. The molecule has 0 bridgehead atoms. The van der Waals surface area contributed by atoms with Crippen molar-refractivity contribution in [2.24, 2.45) is 0 Å². The highest BCUT2D eigenvalue weighted by atomic mass is 32.2. The van der Waals surface area contributed by atoms with Gasteiger partial charge in [0.1, 0.15) is 5.75 Å². The number of ether oxygens (including phenoxy) is 1. The van der Waals surface area contributed by atoms with Gasteiger partial charge in [-0.2, -0.15) is 0 Å². The van der Waals surface area contributed by atoms with Crippen molar-refractivity contribution in [3.63, 3.8) is 0 Å². The Bertz CT molecular complexity index is 1020. The van der Waals surface area contributed by atoms with Crippen LogP contribution in [0.3, 0.4) is 0 Å². The van der Waals surface area contributed by atoms with Crippen LogP contribution in [0.2, 0.25) is 0 Å². The second-order valence-electron chi connectivity index (χ2n) is 7.50. The van der Waals surface area contributed by atoms with E-state index in [9.17, 15) is 4.79 Å². The lowest BCUT2D eigenvalue weighted by atomic mass is 10.0. The minimum Gasteiger partial charge on any atom is -0.492 e. The summed E-state index contributed by atoms with van der Waals surface area (Å²) in [6, 6.07) is 11.9. The van der Waals surface area contributed by atoms with E-state index in [1.165, 1.54) is 18.2 Å². The Morgan fingerprint density at radius 1 is 1.19 bits per heavy atom. The van der Waals surface area contributed by atoms with Crippen LogP contribution < -0.4 is 4.74 Å². The van der Waals surface area contributed by atoms with Gasteiger partial charge in [-0.3, -0.25) is 14.3 Å². The number of carbonyl (C=O) groups is 1. The van der Waals surface area contributed by atoms with Crippen LogP contribution in [0.4, 0.5) is 0 Å². The average Bonchev–Trinajstić information content (AvgIpc) is 3.23. The summed E-state index contributed by atoms with van der Waals surface area (Å²) in [6.45, 7) is 5.47.